The first kappa shape index (κ1) is 14.2. The Bertz CT molecular complexity index is 997. The summed E-state index contributed by atoms with van der Waals surface area (Å²) in [4.78, 5) is 13.1. The monoisotopic (exact) mass is 340 g/mol. The van der Waals surface area contributed by atoms with Crippen molar-refractivity contribution in [3.63, 3.8) is 0 Å². The molecule has 4 nitrogen and oxygen atoms in total. The van der Waals surface area contributed by atoms with Gasteiger partial charge in [-0.3, -0.25) is 0 Å². The number of halogens is 2. The van der Waals surface area contributed by atoms with E-state index in [1.54, 1.807) is 30.9 Å². The van der Waals surface area contributed by atoms with Crippen LogP contribution in [0.15, 0.2) is 61.3 Å². The maximum atomic E-state index is 6.06. The Hall–Kier alpha value is -2.43. The molecular formula is C17H10Cl2N4. The molecule has 0 saturated carbocycles. The molecule has 23 heavy (non-hydrogen) atoms. The van der Waals surface area contributed by atoms with Gasteiger partial charge in [0, 0.05) is 35.2 Å². The van der Waals surface area contributed by atoms with Crippen LogP contribution in [0.2, 0.25) is 10.0 Å². The molecule has 0 unspecified atom stereocenters. The van der Waals surface area contributed by atoms with Crippen LogP contribution in [0.25, 0.3) is 28.0 Å². The molecule has 0 atom stereocenters. The van der Waals surface area contributed by atoms with Crippen LogP contribution in [-0.4, -0.2) is 19.5 Å². The number of fused-ring (bicyclic) bond motifs is 1. The van der Waals surface area contributed by atoms with Crippen molar-refractivity contribution in [2.45, 2.75) is 0 Å². The summed E-state index contributed by atoms with van der Waals surface area (Å²) in [6, 6.07) is 11.4. The highest BCUT2D eigenvalue weighted by molar-refractivity contribution is 6.42. The van der Waals surface area contributed by atoms with Gasteiger partial charge in [0.25, 0.3) is 0 Å². The van der Waals surface area contributed by atoms with Crippen LogP contribution in [0, 0.1) is 0 Å². The number of benzene rings is 2. The maximum absolute atomic E-state index is 6.06. The van der Waals surface area contributed by atoms with E-state index in [0.29, 0.717) is 15.9 Å². The molecule has 2 aromatic carbocycles. The van der Waals surface area contributed by atoms with Crippen LogP contribution in [0.4, 0.5) is 0 Å². The molecule has 0 aliphatic heterocycles. The third-order valence-corrected chi connectivity index (χ3v) is 4.28. The lowest BCUT2D eigenvalue weighted by atomic mass is 10.2. The van der Waals surface area contributed by atoms with E-state index in [1.165, 1.54) is 0 Å². The first-order valence-corrected chi connectivity index (χ1v) is 7.67. The van der Waals surface area contributed by atoms with E-state index in [9.17, 15) is 0 Å². The zero-order valence-corrected chi connectivity index (χ0v) is 13.3. The van der Waals surface area contributed by atoms with Crippen molar-refractivity contribution in [3.05, 3.63) is 71.4 Å². The predicted octanol–water partition coefficient (Wildman–Crippen LogP) is 4.79. The van der Waals surface area contributed by atoms with Crippen LogP contribution in [0.5, 0.6) is 0 Å². The van der Waals surface area contributed by atoms with Crippen molar-refractivity contribution >= 4 is 34.1 Å². The smallest absolute Gasteiger partial charge is 0.159 e. The average Bonchev–Trinajstić information content (AvgIpc) is 3.11. The molecule has 4 rings (SSSR count). The topological polar surface area (TPSA) is 43.6 Å². The highest BCUT2D eigenvalue weighted by Gasteiger charge is 2.07. The summed E-state index contributed by atoms with van der Waals surface area (Å²) < 4.78 is 1.94. The highest BCUT2D eigenvalue weighted by atomic mass is 35.5. The van der Waals surface area contributed by atoms with Gasteiger partial charge >= 0.3 is 0 Å². The van der Waals surface area contributed by atoms with Gasteiger partial charge in [0.05, 0.1) is 21.9 Å². The molecule has 2 aromatic heterocycles. The van der Waals surface area contributed by atoms with E-state index in [4.69, 9.17) is 23.2 Å². The Morgan fingerprint density at radius 2 is 1.87 bits per heavy atom. The highest BCUT2D eigenvalue weighted by Crippen LogP contribution is 2.27. The second-order valence-electron chi connectivity index (χ2n) is 5.04. The molecule has 0 saturated heterocycles. The fourth-order valence-corrected chi connectivity index (χ4v) is 2.67. The van der Waals surface area contributed by atoms with Crippen molar-refractivity contribution in [2.24, 2.45) is 0 Å². The molecule has 2 heterocycles. The van der Waals surface area contributed by atoms with Crippen LogP contribution < -0.4 is 0 Å². The second kappa shape index (κ2) is 5.65. The lowest BCUT2D eigenvalue weighted by Gasteiger charge is -2.06. The standard InChI is InChI=1S/C17H10Cl2N4/c18-14-3-1-11(8-15(14)19)17-21-9-12-7-13(2-4-16(12)22-17)23-6-5-20-10-23/h1-10H. The molecule has 6 heteroatoms. The van der Waals surface area contributed by atoms with E-state index in [-0.39, 0.29) is 0 Å². The molecule has 0 N–H and O–H groups in total. The van der Waals surface area contributed by atoms with E-state index >= 15 is 0 Å². The van der Waals surface area contributed by atoms with Crippen molar-refractivity contribution < 1.29 is 0 Å². The molecule has 0 amide bonds. The molecule has 112 valence electrons. The number of rotatable bonds is 2. The number of nitrogens with zero attached hydrogens (tertiary/aromatic N) is 4. The van der Waals surface area contributed by atoms with Gasteiger partial charge in [0.15, 0.2) is 5.82 Å². The zero-order valence-electron chi connectivity index (χ0n) is 11.8. The Morgan fingerprint density at radius 1 is 0.957 bits per heavy atom. The van der Waals surface area contributed by atoms with E-state index in [0.717, 1.165) is 22.2 Å². The van der Waals surface area contributed by atoms with Gasteiger partial charge in [-0.1, -0.05) is 23.2 Å². The zero-order chi connectivity index (χ0) is 15.8. The summed E-state index contributed by atoms with van der Waals surface area (Å²) >= 11 is 12.0. The van der Waals surface area contributed by atoms with Gasteiger partial charge in [-0.05, 0) is 36.4 Å². The largest absolute Gasteiger partial charge is 0.306 e. The molecule has 4 aromatic rings. The van der Waals surface area contributed by atoms with E-state index < -0.39 is 0 Å². The van der Waals surface area contributed by atoms with Crippen molar-refractivity contribution in [1.82, 2.24) is 19.5 Å². The number of aromatic nitrogens is 4. The third kappa shape index (κ3) is 2.67. The first-order chi connectivity index (χ1) is 11.2. The number of imidazole rings is 1. The molecule has 0 aliphatic carbocycles. The average molecular weight is 341 g/mol. The Kier molecular flexibility index (Phi) is 3.48. The summed E-state index contributed by atoms with van der Waals surface area (Å²) in [6.45, 7) is 0. The van der Waals surface area contributed by atoms with Crippen molar-refractivity contribution in [2.75, 3.05) is 0 Å². The summed E-state index contributed by atoms with van der Waals surface area (Å²) in [5, 5.41) is 1.96. The van der Waals surface area contributed by atoms with Crippen LogP contribution >= 0.6 is 23.2 Å². The second-order valence-corrected chi connectivity index (χ2v) is 5.85. The predicted molar refractivity (Wildman–Crippen MR) is 92.1 cm³/mol. The number of hydrogen-bond donors (Lipinski definition) is 0. The molecule has 0 fully saturated rings. The van der Waals surface area contributed by atoms with E-state index in [2.05, 4.69) is 15.0 Å². The third-order valence-electron chi connectivity index (χ3n) is 3.54. The van der Waals surface area contributed by atoms with Crippen LogP contribution in [0.1, 0.15) is 0 Å². The minimum atomic E-state index is 0.489. The molecule has 0 radical (unpaired) electrons. The Morgan fingerprint density at radius 3 is 2.65 bits per heavy atom. The molecule has 0 aliphatic rings. The maximum Gasteiger partial charge on any atom is 0.159 e. The lowest BCUT2D eigenvalue weighted by molar-refractivity contribution is 1.06. The minimum absolute atomic E-state index is 0.489. The summed E-state index contributed by atoms with van der Waals surface area (Å²) in [6.07, 6.45) is 7.20. The Balaban J connectivity index is 1.79. The SMILES string of the molecule is Clc1ccc(-c2ncc3cc(-n4ccnc4)ccc3n2)cc1Cl. The van der Waals surface area contributed by atoms with Gasteiger partial charge in [0.1, 0.15) is 0 Å². The summed E-state index contributed by atoms with van der Waals surface area (Å²) in [7, 11) is 0. The molecular weight excluding hydrogens is 331 g/mol. The summed E-state index contributed by atoms with van der Waals surface area (Å²) in [5.74, 6) is 0.617. The normalized spacial score (nSPS) is 11.0. The number of hydrogen-bond acceptors (Lipinski definition) is 3. The fraction of sp³-hybridized carbons (Fsp3) is 0. The first-order valence-electron chi connectivity index (χ1n) is 6.91. The van der Waals surface area contributed by atoms with Gasteiger partial charge in [-0.25, -0.2) is 15.0 Å². The van der Waals surface area contributed by atoms with Crippen LogP contribution in [0.3, 0.4) is 0 Å². The van der Waals surface area contributed by atoms with Crippen molar-refractivity contribution in [1.29, 1.82) is 0 Å². The quantitative estimate of drug-likeness (QED) is 0.527. The van der Waals surface area contributed by atoms with Crippen LogP contribution in [-0.2, 0) is 0 Å². The van der Waals surface area contributed by atoms with Gasteiger partial charge in [0.2, 0.25) is 0 Å². The summed E-state index contributed by atoms with van der Waals surface area (Å²) in [5.41, 5.74) is 2.71. The fourth-order valence-electron chi connectivity index (χ4n) is 2.37. The van der Waals surface area contributed by atoms with Gasteiger partial charge < -0.3 is 4.57 Å². The molecule has 0 spiro atoms. The Labute approximate surface area is 142 Å². The van der Waals surface area contributed by atoms with E-state index in [1.807, 2.05) is 35.0 Å². The van der Waals surface area contributed by atoms with Crippen molar-refractivity contribution in [3.8, 4) is 17.1 Å². The lowest BCUT2D eigenvalue weighted by Crippen LogP contribution is -1.93. The van der Waals surface area contributed by atoms with Gasteiger partial charge in [-0.15, -0.1) is 0 Å². The van der Waals surface area contributed by atoms with Gasteiger partial charge in [-0.2, -0.15) is 0 Å². The minimum Gasteiger partial charge on any atom is -0.306 e. The molecule has 0 bridgehead atoms.